The van der Waals surface area contributed by atoms with Crippen molar-refractivity contribution in [3.8, 4) is 6.07 Å². The van der Waals surface area contributed by atoms with Crippen molar-refractivity contribution in [1.29, 1.82) is 5.26 Å². The van der Waals surface area contributed by atoms with Crippen molar-refractivity contribution < 1.29 is 4.79 Å². The summed E-state index contributed by atoms with van der Waals surface area (Å²) in [5.41, 5.74) is 8.34. The molecule has 1 aromatic carbocycles. The molecular formula is C18H16N4OS2. The standard InChI is InChI=1S/C18H16N4OS2/c1-10-7-12(9-19)17(24-10)22-16(23)13-8-11(2)25-18(13)21-15-6-4-3-5-14(15)20/h3-8,21H,20H2,1-2H3,(H,22,23). The zero-order chi connectivity index (χ0) is 18.0. The first-order valence-electron chi connectivity index (χ1n) is 7.51. The lowest BCUT2D eigenvalue weighted by molar-refractivity contribution is 0.102. The summed E-state index contributed by atoms with van der Waals surface area (Å²) >= 11 is 2.87. The van der Waals surface area contributed by atoms with Crippen LogP contribution in [0, 0.1) is 25.2 Å². The molecule has 0 unspecified atom stereocenters. The maximum Gasteiger partial charge on any atom is 0.259 e. The molecule has 0 saturated carbocycles. The lowest BCUT2D eigenvalue weighted by atomic mass is 10.2. The second-order valence-corrected chi connectivity index (χ2v) is 7.99. The summed E-state index contributed by atoms with van der Waals surface area (Å²) in [6.45, 7) is 3.85. The topological polar surface area (TPSA) is 90.9 Å². The van der Waals surface area contributed by atoms with Gasteiger partial charge in [-0.1, -0.05) is 12.1 Å². The third-order valence-electron chi connectivity index (χ3n) is 3.51. The molecule has 0 radical (unpaired) electrons. The molecule has 0 aliphatic heterocycles. The van der Waals surface area contributed by atoms with E-state index in [9.17, 15) is 10.1 Å². The van der Waals surface area contributed by atoms with Gasteiger partial charge in [-0.3, -0.25) is 4.79 Å². The van der Waals surface area contributed by atoms with Crippen LogP contribution in [0.5, 0.6) is 0 Å². The number of carbonyl (C=O) groups is 1. The summed E-state index contributed by atoms with van der Waals surface area (Å²) in [5, 5.41) is 16.5. The molecule has 1 amide bonds. The molecule has 0 spiro atoms. The predicted molar refractivity (Wildman–Crippen MR) is 105 cm³/mol. The van der Waals surface area contributed by atoms with E-state index in [1.54, 1.807) is 12.1 Å². The number of nitrogens with zero attached hydrogens (tertiary/aromatic N) is 1. The normalized spacial score (nSPS) is 10.3. The number of amides is 1. The van der Waals surface area contributed by atoms with Crippen molar-refractivity contribution in [3.63, 3.8) is 0 Å². The van der Waals surface area contributed by atoms with E-state index >= 15 is 0 Å². The monoisotopic (exact) mass is 368 g/mol. The van der Waals surface area contributed by atoms with Crippen molar-refractivity contribution in [2.45, 2.75) is 13.8 Å². The minimum Gasteiger partial charge on any atom is -0.397 e. The van der Waals surface area contributed by atoms with E-state index in [-0.39, 0.29) is 5.91 Å². The van der Waals surface area contributed by atoms with Crippen LogP contribution in [0.1, 0.15) is 25.7 Å². The zero-order valence-corrected chi connectivity index (χ0v) is 15.3. The molecule has 0 aliphatic carbocycles. The Labute approximate surface area is 153 Å². The van der Waals surface area contributed by atoms with Crippen molar-refractivity contribution in [3.05, 3.63) is 57.3 Å². The van der Waals surface area contributed by atoms with Crippen LogP contribution in [0.15, 0.2) is 36.4 Å². The molecule has 2 aromatic heterocycles. The fourth-order valence-electron chi connectivity index (χ4n) is 2.37. The van der Waals surface area contributed by atoms with Crippen LogP contribution < -0.4 is 16.4 Å². The van der Waals surface area contributed by atoms with E-state index < -0.39 is 0 Å². The molecule has 2 heterocycles. The molecule has 0 fully saturated rings. The third-order valence-corrected chi connectivity index (χ3v) is 5.44. The number of hydrogen-bond acceptors (Lipinski definition) is 6. The van der Waals surface area contributed by atoms with Crippen molar-refractivity contribution in [2.75, 3.05) is 16.4 Å². The average Bonchev–Trinajstić information content (AvgIpc) is 3.11. The fraction of sp³-hybridized carbons (Fsp3) is 0.111. The number of aryl methyl sites for hydroxylation is 2. The Kier molecular flexibility index (Phi) is 4.74. The van der Waals surface area contributed by atoms with Gasteiger partial charge in [0.2, 0.25) is 0 Å². The highest BCUT2D eigenvalue weighted by Gasteiger charge is 2.18. The van der Waals surface area contributed by atoms with E-state index in [1.807, 2.05) is 38.1 Å². The number of nitrogens with one attached hydrogen (secondary N) is 2. The second kappa shape index (κ2) is 6.97. The van der Waals surface area contributed by atoms with Crippen molar-refractivity contribution in [1.82, 2.24) is 0 Å². The van der Waals surface area contributed by atoms with Crippen LogP contribution in [-0.4, -0.2) is 5.91 Å². The van der Waals surface area contributed by atoms with Crippen molar-refractivity contribution >= 4 is 50.0 Å². The molecule has 0 bridgehead atoms. The number of rotatable bonds is 4. The van der Waals surface area contributed by atoms with E-state index in [4.69, 9.17) is 5.73 Å². The number of nitrogen functional groups attached to an aromatic ring is 1. The molecule has 126 valence electrons. The summed E-state index contributed by atoms with van der Waals surface area (Å²) in [5.74, 6) is -0.250. The Hall–Kier alpha value is -2.82. The first-order chi connectivity index (χ1) is 12.0. The molecule has 4 N–H and O–H groups in total. The third kappa shape index (κ3) is 3.65. The van der Waals surface area contributed by atoms with Gasteiger partial charge in [-0.2, -0.15) is 5.26 Å². The van der Waals surface area contributed by atoms with Crippen LogP contribution in [0.3, 0.4) is 0 Å². The summed E-state index contributed by atoms with van der Waals surface area (Å²) in [6, 6.07) is 13.1. The quantitative estimate of drug-likeness (QED) is 0.573. The molecule has 7 heteroatoms. The van der Waals surface area contributed by atoms with Gasteiger partial charge in [0.15, 0.2) is 0 Å². The lowest BCUT2D eigenvalue weighted by Gasteiger charge is -2.09. The smallest absolute Gasteiger partial charge is 0.259 e. The van der Waals surface area contributed by atoms with E-state index in [0.29, 0.717) is 21.8 Å². The van der Waals surface area contributed by atoms with Crippen molar-refractivity contribution in [2.24, 2.45) is 0 Å². The summed E-state index contributed by atoms with van der Waals surface area (Å²) in [4.78, 5) is 14.7. The van der Waals surface area contributed by atoms with Gasteiger partial charge in [-0.05, 0) is 38.1 Å². The Balaban J connectivity index is 1.89. The van der Waals surface area contributed by atoms with E-state index in [2.05, 4.69) is 16.7 Å². The van der Waals surface area contributed by atoms with Gasteiger partial charge in [-0.15, -0.1) is 22.7 Å². The predicted octanol–water partition coefficient (Wildman–Crippen LogP) is 4.88. The average molecular weight is 368 g/mol. The minimum absolute atomic E-state index is 0.250. The van der Waals surface area contributed by atoms with Crippen LogP contribution in [0.2, 0.25) is 0 Å². The van der Waals surface area contributed by atoms with Crippen LogP contribution in [0.25, 0.3) is 0 Å². The molecular weight excluding hydrogens is 352 g/mol. The highest BCUT2D eigenvalue weighted by atomic mass is 32.1. The largest absolute Gasteiger partial charge is 0.397 e. The maximum absolute atomic E-state index is 12.7. The van der Waals surface area contributed by atoms with Gasteiger partial charge in [0, 0.05) is 9.75 Å². The molecule has 3 rings (SSSR count). The summed E-state index contributed by atoms with van der Waals surface area (Å²) in [6.07, 6.45) is 0. The maximum atomic E-state index is 12.7. The van der Waals surface area contributed by atoms with Crippen LogP contribution in [0.4, 0.5) is 21.4 Å². The number of anilines is 4. The van der Waals surface area contributed by atoms with Gasteiger partial charge < -0.3 is 16.4 Å². The number of carbonyl (C=O) groups excluding carboxylic acids is 1. The van der Waals surface area contributed by atoms with Gasteiger partial charge >= 0.3 is 0 Å². The van der Waals surface area contributed by atoms with Gasteiger partial charge in [0.1, 0.15) is 16.1 Å². The number of benzene rings is 1. The Morgan fingerprint density at radius 1 is 1.12 bits per heavy atom. The summed E-state index contributed by atoms with van der Waals surface area (Å²) in [7, 11) is 0. The Morgan fingerprint density at radius 2 is 1.80 bits per heavy atom. The number of para-hydroxylation sites is 2. The SMILES string of the molecule is Cc1cc(C#N)c(NC(=O)c2cc(C)sc2Nc2ccccc2N)s1. The molecule has 0 atom stereocenters. The van der Waals surface area contributed by atoms with E-state index in [1.165, 1.54) is 22.7 Å². The number of nitriles is 1. The number of thiophene rings is 2. The molecule has 25 heavy (non-hydrogen) atoms. The van der Waals surface area contributed by atoms with Gasteiger partial charge in [0.05, 0.1) is 22.5 Å². The molecule has 0 aliphatic rings. The van der Waals surface area contributed by atoms with Crippen LogP contribution >= 0.6 is 22.7 Å². The molecule has 0 saturated heterocycles. The Morgan fingerprint density at radius 3 is 2.52 bits per heavy atom. The first-order valence-corrected chi connectivity index (χ1v) is 9.15. The lowest BCUT2D eigenvalue weighted by Crippen LogP contribution is -2.12. The van der Waals surface area contributed by atoms with Gasteiger partial charge in [-0.25, -0.2) is 0 Å². The number of hydrogen-bond donors (Lipinski definition) is 3. The van der Waals surface area contributed by atoms with Gasteiger partial charge in [0.25, 0.3) is 5.91 Å². The second-order valence-electron chi connectivity index (χ2n) is 5.48. The zero-order valence-electron chi connectivity index (χ0n) is 13.7. The highest BCUT2D eigenvalue weighted by molar-refractivity contribution is 7.17. The first kappa shape index (κ1) is 17.0. The van der Waals surface area contributed by atoms with E-state index in [0.717, 1.165) is 20.4 Å². The fourth-order valence-corrected chi connectivity index (χ4v) is 4.15. The summed E-state index contributed by atoms with van der Waals surface area (Å²) < 4.78 is 0. The minimum atomic E-state index is -0.250. The Bertz CT molecular complexity index is 981. The highest BCUT2D eigenvalue weighted by Crippen LogP contribution is 2.34. The molecule has 5 nitrogen and oxygen atoms in total. The van der Waals surface area contributed by atoms with Crippen LogP contribution in [-0.2, 0) is 0 Å². The molecule has 3 aromatic rings. The number of nitrogens with two attached hydrogens (primary N) is 1.